The van der Waals surface area contributed by atoms with Crippen LogP contribution < -0.4 is 5.32 Å². The van der Waals surface area contributed by atoms with Gasteiger partial charge in [0.25, 0.3) is 0 Å². The fourth-order valence-corrected chi connectivity index (χ4v) is 0.848. The topological polar surface area (TPSA) is 69.6 Å². The molecule has 72 valence electrons. The minimum atomic E-state index is -0.894. The third-order valence-corrected chi connectivity index (χ3v) is 1.84. The summed E-state index contributed by atoms with van der Waals surface area (Å²) in [5, 5.41) is 20.3. The van der Waals surface area contributed by atoms with Crippen molar-refractivity contribution in [1.29, 1.82) is 0 Å². The molecule has 0 aromatic heterocycles. The molecule has 0 rings (SSSR count). The number of aliphatic carboxylic acids is 1. The first-order valence-electron chi connectivity index (χ1n) is 4.08. The van der Waals surface area contributed by atoms with Gasteiger partial charge in [-0.3, -0.25) is 10.1 Å². The molecule has 0 bridgehead atoms. The van der Waals surface area contributed by atoms with Crippen LogP contribution in [0.4, 0.5) is 0 Å². The average Bonchev–Trinajstić information content (AvgIpc) is 1.98. The molecule has 0 aliphatic rings. The molecule has 0 saturated heterocycles. The normalized spacial score (nSPS) is 16.1. The first-order valence-corrected chi connectivity index (χ1v) is 4.08. The summed E-state index contributed by atoms with van der Waals surface area (Å²) in [6.45, 7) is 5.40. The molecule has 0 amide bonds. The van der Waals surface area contributed by atoms with Crippen LogP contribution in [-0.2, 0) is 4.79 Å². The Kier molecular flexibility index (Phi) is 4.85. The van der Waals surface area contributed by atoms with Crippen molar-refractivity contribution in [3.05, 3.63) is 0 Å². The van der Waals surface area contributed by atoms with Crippen LogP contribution in [0.25, 0.3) is 0 Å². The van der Waals surface area contributed by atoms with Gasteiger partial charge in [0, 0.05) is 6.04 Å². The van der Waals surface area contributed by atoms with Crippen LogP contribution in [0.15, 0.2) is 0 Å². The quantitative estimate of drug-likeness (QED) is 0.553. The summed E-state index contributed by atoms with van der Waals surface area (Å²) >= 11 is 0. The fraction of sp³-hybridized carbons (Fsp3) is 0.875. The number of nitrogens with one attached hydrogen (secondary N) is 1. The molecule has 4 heteroatoms. The van der Waals surface area contributed by atoms with E-state index in [1.807, 2.05) is 13.8 Å². The maximum atomic E-state index is 10.4. The predicted octanol–water partition coefficient (Wildman–Crippen LogP) is 0.0660. The van der Waals surface area contributed by atoms with E-state index in [-0.39, 0.29) is 18.6 Å². The molecule has 0 aromatic carbocycles. The van der Waals surface area contributed by atoms with E-state index in [4.69, 9.17) is 10.2 Å². The molecule has 0 aliphatic carbocycles. The minimum Gasteiger partial charge on any atom is -0.480 e. The number of aliphatic hydroxyl groups is 1. The first kappa shape index (κ1) is 11.4. The molecule has 2 atom stereocenters. The van der Waals surface area contributed by atoms with Crippen LogP contribution in [0.2, 0.25) is 0 Å². The molecule has 0 spiro atoms. The standard InChI is InChI=1S/C8H17NO3/c1-5(2)7(4-10)9-6(3)8(11)12/h5-7,9-10H,4H2,1-3H3,(H,11,12)/t6?,7-/m1/s1. The predicted molar refractivity (Wildman–Crippen MR) is 45.9 cm³/mol. The number of carboxylic acid groups (broad SMARTS) is 1. The zero-order valence-electron chi connectivity index (χ0n) is 7.74. The SMILES string of the molecule is CC(N[C@H](CO)C(C)C)C(=O)O. The largest absolute Gasteiger partial charge is 0.480 e. The Morgan fingerprint density at radius 3 is 2.17 bits per heavy atom. The van der Waals surface area contributed by atoms with Crippen molar-refractivity contribution in [2.24, 2.45) is 5.92 Å². The Hall–Kier alpha value is -0.610. The van der Waals surface area contributed by atoms with Gasteiger partial charge in [0.05, 0.1) is 6.61 Å². The molecule has 12 heavy (non-hydrogen) atoms. The van der Waals surface area contributed by atoms with E-state index in [9.17, 15) is 4.79 Å². The molecular weight excluding hydrogens is 158 g/mol. The maximum Gasteiger partial charge on any atom is 0.320 e. The molecular formula is C8H17NO3. The Labute approximate surface area is 72.6 Å². The van der Waals surface area contributed by atoms with Gasteiger partial charge in [-0.1, -0.05) is 13.8 Å². The van der Waals surface area contributed by atoms with Gasteiger partial charge in [-0.05, 0) is 12.8 Å². The monoisotopic (exact) mass is 175 g/mol. The highest BCUT2D eigenvalue weighted by Gasteiger charge is 2.18. The van der Waals surface area contributed by atoms with Crippen molar-refractivity contribution < 1.29 is 15.0 Å². The average molecular weight is 175 g/mol. The number of hydrogen-bond donors (Lipinski definition) is 3. The molecule has 0 heterocycles. The lowest BCUT2D eigenvalue weighted by molar-refractivity contribution is -0.139. The van der Waals surface area contributed by atoms with E-state index in [0.29, 0.717) is 0 Å². The minimum absolute atomic E-state index is 0.0325. The molecule has 0 radical (unpaired) electrons. The van der Waals surface area contributed by atoms with Crippen LogP contribution in [0.1, 0.15) is 20.8 Å². The Morgan fingerprint density at radius 1 is 1.42 bits per heavy atom. The third-order valence-electron chi connectivity index (χ3n) is 1.84. The summed E-state index contributed by atoms with van der Waals surface area (Å²) in [6.07, 6.45) is 0. The van der Waals surface area contributed by atoms with Crippen LogP contribution in [0.5, 0.6) is 0 Å². The number of carboxylic acids is 1. The number of carbonyl (C=O) groups is 1. The summed E-state index contributed by atoms with van der Waals surface area (Å²) in [4.78, 5) is 10.4. The molecule has 3 N–H and O–H groups in total. The van der Waals surface area contributed by atoms with Crippen LogP contribution >= 0.6 is 0 Å². The summed E-state index contributed by atoms with van der Waals surface area (Å²) < 4.78 is 0. The zero-order chi connectivity index (χ0) is 9.72. The van der Waals surface area contributed by atoms with Crippen molar-refractivity contribution in [2.45, 2.75) is 32.9 Å². The van der Waals surface area contributed by atoms with Gasteiger partial charge in [0.2, 0.25) is 0 Å². The molecule has 0 aliphatic heterocycles. The van der Waals surface area contributed by atoms with E-state index in [1.54, 1.807) is 6.92 Å². The lowest BCUT2D eigenvalue weighted by atomic mass is 10.0. The van der Waals surface area contributed by atoms with Gasteiger partial charge in [-0.2, -0.15) is 0 Å². The van der Waals surface area contributed by atoms with E-state index < -0.39 is 12.0 Å². The summed E-state index contributed by atoms with van der Waals surface area (Å²) in [7, 11) is 0. The second-order valence-corrected chi connectivity index (χ2v) is 3.26. The molecule has 4 nitrogen and oxygen atoms in total. The highest BCUT2D eigenvalue weighted by Crippen LogP contribution is 2.01. The van der Waals surface area contributed by atoms with Crippen molar-refractivity contribution in [1.82, 2.24) is 5.32 Å². The van der Waals surface area contributed by atoms with Gasteiger partial charge in [-0.15, -0.1) is 0 Å². The van der Waals surface area contributed by atoms with E-state index in [1.165, 1.54) is 0 Å². The molecule has 1 unspecified atom stereocenters. The van der Waals surface area contributed by atoms with Crippen LogP contribution in [0, 0.1) is 5.92 Å². The van der Waals surface area contributed by atoms with Crippen molar-refractivity contribution >= 4 is 5.97 Å². The van der Waals surface area contributed by atoms with E-state index in [2.05, 4.69) is 5.32 Å². The van der Waals surface area contributed by atoms with Gasteiger partial charge >= 0.3 is 5.97 Å². The number of aliphatic hydroxyl groups excluding tert-OH is 1. The lowest BCUT2D eigenvalue weighted by Gasteiger charge is -2.22. The highest BCUT2D eigenvalue weighted by molar-refractivity contribution is 5.72. The summed E-state index contributed by atoms with van der Waals surface area (Å²) in [5.41, 5.74) is 0. The number of hydrogen-bond acceptors (Lipinski definition) is 3. The molecule has 0 aromatic rings. The maximum absolute atomic E-state index is 10.4. The van der Waals surface area contributed by atoms with Crippen molar-refractivity contribution in [3.8, 4) is 0 Å². The Bertz CT molecular complexity index is 147. The van der Waals surface area contributed by atoms with E-state index >= 15 is 0 Å². The summed E-state index contributed by atoms with van der Waals surface area (Å²) in [6, 6.07) is -0.749. The van der Waals surface area contributed by atoms with Gasteiger partial charge in [0.1, 0.15) is 6.04 Å². The van der Waals surface area contributed by atoms with Crippen molar-refractivity contribution in [3.63, 3.8) is 0 Å². The van der Waals surface area contributed by atoms with Crippen molar-refractivity contribution in [2.75, 3.05) is 6.61 Å². The fourth-order valence-electron chi connectivity index (χ4n) is 0.848. The van der Waals surface area contributed by atoms with Gasteiger partial charge in [0.15, 0.2) is 0 Å². The van der Waals surface area contributed by atoms with Gasteiger partial charge in [-0.25, -0.2) is 0 Å². The first-order chi connectivity index (χ1) is 5.49. The number of rotatable bonds is 5. The molecule has 0 saturated carbocycles. The second kappa shape index (κ2) is 5.11. The van der Waals surface area contributed by atoms with E-state index in [0.717, 1.165) is 0 Å². The van der Waals surface area contributed by atoms with Crippen LogP contribution in [0.3, 0.4) is 0 Å². The lowest BCUT2D eigenvalue weighted by Crippen LogP contribution is -2.45. The second-order valence-electron chi connectivity index (χ2n) is 3.26. The zero-order valence-corrected chi connectivity index (χ0v) is 7.74. The Balaban J connectivity index is 3.93. The Morgan fingerprint density at radius 2 is 1.92 bits per heavy atom. The highest BCUT2D eigenvalue weighted by atomic mass is 16.4. The smallest absolute Gasteiger partial charge is 0.320 e. The van der Waals surface area contributed by atoms with Gasteiger partial charge < -0.3 is 10.2 Å². The molecule has 0 fully saturated rings. The van der Waals surface area contributed by atoms with Crippen LogP contribution in [-0.4, -0.2) is 34.9 Å². The third kappa shape index (κ3) is 3.69. The summed E-state index contributed by atoms with van der Waals surface area (Å²) in [5.74, 6) is -0.661.